The molecule has 0 N–H and O–H groups in total. The molecule has 0 saturated heterocycles. The topological polar surface area (TPSA) is 43.6 Å². The molecule has 0 radical (unpaired) electrons. The minimum absolute atomic E-state index is 0.358. The third kappa shape index (κ3) is 1.16. The number of fused-ring (bicyclic) bond motifs is 1. The lowest BCUT2D eigenvalue weighted by Gasteiger charge is -2.01. The van der Waals surface area contributed by atoms with Gasteiger partial charge in [0.25, 0.3) is 0 Å². The van der Waals surface area contributed by atoms with Gasteiger partial charge in [0, 0.05) is 0 Å². The van der Waals surface area contributed by atoms with Crippen LogP contribution in [0.5, 0.6) is 0 Å². The number of aromatic nitrogens is 2. The van der Waals surface area contributed by atoms with E-state index in [1.165, 1.54) is 7.11 Å². The predicted molar refractivity (Wildman–Crippen MR) is 46.5 cm³/mol. The van der Waals surface area contributed by atoms with Crippen molar-refractivity contribution in [2.24, 2.45) is 0 Å². The number of hydrogen-bond acceptors (Lipinski definition) is 3. The molecule has 2 aromatic rings. The van der Waals surface area contributed by atoms with Gasteiger partial charge in [-0.25, -0.2) is 9.78 Å². The number of esters is 1. The van der Waals surface area contributed by atoms with E-state index < -0.39 is 0 Å². The average molecular weight is 176 g/mol. The van der Waals surface area contributed by atoms with Crippen molar-refractivity contribution >= 4 is 11.5 Å². The van der Waals surface area contributed by atoms with Crippen LogP contribution in [0, 0.1) is 0 Å². The molecule has 13 heavy (non-hydrogen) atoms. The third-order valence-corrected chi connectivity index (χ3v) is 1.84. The molecule has 2 heterocycles. The van der Waals surface area contributed by atoms with Gasteiger partial charge in [-0.2, -0.15) is 0 Å². The fraction of sp³-hybridized carbons (Fsp3) is 0.111. The van der Waals surface area contributed by atoms with Crippen molar-refractivity contribution in [1.82, 2.24) is 9.38 Å². The van der Waals surface area contributed by atoms with E-state index in [0.29, 0.717) is 5.69 Å². The second-order valence-electron chi connectivity index (χ2n) is 2.59. The van der Waals surface area contributed by atoms with Gasteiger partial charge in [-0.15, -0.1) is 0 Å². The summed E-state index contributed by atoms with van der Waals surface area (Å²) in [4.78, 5) is 15.2. The van der Waals surface area contributed by atoms with Gasteiger partial charge in [-0.1, -0.05) is 6.07 Å². The van der Waals surface area contributed by atoms with E-state index in [4.69, 9.17) is 0 Å². The van der Waals surface area contributed by atoms with Crippen LogP contribution in [0.4, 0.5) is 0 Å². The van der Waals surface area contributed by atoms with E-state index in [-0.39, 0.29) is 5.97 Å². The maximum atomic E-state index is 11.3. The molecule has 0 amide bonds. The molecule has 66 valence electrons. The molecule has 0 fully saturated rings. The van der Waals surface area contributed by atoms with Crippen molar-refractivity contribution in [2.45, 2.75) is 0 Å². The molecule has 0 aliphatic heterocycles. The van der Waals surface area contributed by atoms with Crippen LogP contribution in [-0.2, 0) is 4.74 Å². The fourth-order valence-corrected chi connectivity index (χ4v) is 1.22. The van der Waals surface area contributed by atoms with Gasteiger partial charge in [0.05, 0.1) is 25.2 Å². The number of imidazole rings is 1. The molecule has 2 rings (SSSR count). The van der Waals surface area contributed by atoms with E-state index in [9.17, 15) is 4.79 Å². The van der Waals surface area contributed by atoms with Crippen LogP contribution in [0.25, 0.3) is 5.52 Å². The number of hydrogen-bond donors (Lipinski definition) is 0. The zero-order valence-electron chi connectivity index (χ0n) is 7.10. The molecule has 4 nitrogen and oxygen atoms in total. The van der Waals surface area contributed by atoms with Crippen molar-refractivity contribution in [2.75, 3.05) is 7.11 Å². The molecule has 0 spiro atoms. The van der Waals surface area contributed by atoms with Crippen LogP contribution < -0.4 is 0 Å². The normalized spacial score (nSPS) is 10.2. The lowest BCUT2D eigenvalue weighted by Crippen LogP contribution is -2.06. The first kappa shape index (κ1) is 7.79. The summed E-state index contributed by atoms with van der Waals surface area (Å²) in [7, 11) is 1.36. The Labute approximate surface area is 74.8 Å². The summed E-state index contributed by atoms with van der Waals surface area (Å²) in [6.45, 7) is 0. The average Bonchev–Trinajstić information content (AvgIpc) is 2.63. The van der Waals surface area contributed by atoms with Crippen LogP contribution in [0.15, 0.2) is 30.7 Å². The number of nitrogens with zero attached hydrogens (tertiary/aromatic N) is 2. The van der Waals surface area contributed by atoms with Gasteiger partial charge in [0.15, 0.2) is 0 Å². The Morgan fingerprint density at radius 1 is 1.54 bits per heavy atom. The molecule has 0 aromatic carbocycles. The highest BCUT2D eigenvalue weighted by Crippen LogP contribution is 2.07. The first-order valence-electron chi connectivity index (χ1n) is 3.82. The van der Waals surface area contributed by atoms with Gasteiger partial charge in [-0.05, 0) is 12.1 Å². The highest BCUT2D eigenvalue weighted by molar-refractivity contribution is 5.88. The SMILES string of the molecule is COC(=O)c1cccc2cncn12. The van der Waals surface area contributed by atoms with E-state index in [0.717, 1.165) is 5.52 Å². The van der Waals surface area contributed by atoms with Gasteiger partial charge < -0.3 is 4.74 Å². The lowest BCUT2D eigenvalue weighted by atomic mass is 10.3. The maximum absolute atomic E-state index is 11.3. The molecule has 0 aliphatic rings. The third-order valence-electron chi connectivity index (χ3n) is 1.84. The molecule has 4 heteroatoms. The summed E-state index contributed by atoms with van der Waals surface area (Å²) in [5, 5.41) is 0. The summed E-state index contributed by atoms with van der Waals surface area (Å²) >= 11 is 0. The van der Waals surface area contributed by atoms with Gasteiger partial charge in [0.2, 0.25) is 0 Å². The van der Waals surface area contributed by atoms with Gasteiger partial charge in [0.1, 0.15) is 5.69 Å². The summed E-state index contributed by atoms with van der Waals surface area (Å²) in [6, 6.07) is 5.36. The first-order chi connectivity index (χ1) is 6.33. The Hall–Kier alpha value is -1.84. The van der Waals surface area contributed by atoms with Crippen LogP contribution in [0.1, 0.15) is 10.5 Å². The highest BCUT2D eigenvalue weighted by Gasteiger charge is 2.08. The fourth-order valence-electron chi connectivity index (χ4n) is 1.22. The standard InChI is InChI=1S/C9H8N2O2/c1-13-9(12)8-4-2-3-7-5-10-6-11(7)8/h2-6H,1H3. The largest absolute Gasteiger partial charge is 0.464 e. The molecular weight excluding hydrogens is 168 g/mol. The maximum Gasteiger partial charge on any atom is 0.355 e. The number of ether oxygens (including phenoxy) is 1. The molecule has 0 saturated carbocycles. The summed E-state index contributed by atoms with van der Waals surface area (Å²) in [5.41, 5.74) is 1.36. The van der Waals surface area contributed by atoms with Gasteiger partial charge >= 0.3 is 5.97 Å². The minimum Gasteiger partial charge on any atom is -0.464 e. The van der Waals surface area contributed by atoms with E-state index in [1.54, 1.807) is 29.1 Å². The van der Waals surface area contributed by atoms with Crippen LogP contribution in [0.3, 0.4) is 0 Å². The Kier molecular flexibility index (Phi) is 1.73. The number of carbonyl (C=O) groups is 1. The first-order valence-corrected chi connectivity index (χ1v) is 3.82. The van der Waals surface area contributed by atoms with E-state index in [2.05, 4.69) is 9.72 Å². The van der Waals surface area contributed by atoms with Crippen molar-refractivity contribution in [3.8, 4) is 0 Å². The van der Waals surface area contributed by atoms with Crippen molar-refractivity contribution in [1.29, 1.82) is 0 Å². The van der Waals surface area contributed by atoms with E-state index >= 15 is 0 Å². The molecule has 0 unspecified atom stereocenters. The molecular formula is C9H8N2O2. The number of carbonyl (C=O) groups excluding carboxylic acids is 1. The van der Waals surface area contributed by atoms with Crippen molar-refractivity contribution in [3.63, 3.8) is 0 Å². The zero-order valence-corrected chi connectivity index (χ0v) is 7.10. The summed E-state index contributed by atoms with van der Waals surface area (Å²) < 4.78 is 6.31. The Balaban J connectivity index is 2.67. The van der Waals surface area contributed by atoms with Crippen LogP contribution in [-0.4, -0.2) is 22.5 Å². The van der Waals surface area contributed by atoms with Crippen LogP contribution in [0.2, 0.25) is 0 Å². The van der Waals surface area contributed by atoms with Crippen LogP contribution >= 0.6 is 0 Å². The zero-order chi connectivity index (χ0) is 9.26. The van der Waals surface area contributed by atoms with Gasteiger partial charge in [-0.3, -0.25) is 4.40 Å². The number of pyridine rings is 1. The Morgan fingerprint density at radius 3 is 3.15 bits per heavy atom. The second kappa shape index (κ2) is 2.90. The van der Waals surface area contributed by atoms with Crippen molar-refractivity contribution in [3.05, 3.63) is 36.4 Å². The minimum atomic E-state index is -0.358. The summed E-state index contributed by atoms with van der Waals surface area (Å²) in [5.74, 6) is -0.358. The number of rotatable bonds is 1. The number of methoxy groups -OCH3 is 1. The van der Waals surface area contributed by atoms with E-state index in [1.807, 2.05) is 6.07 Å². The quantitative estimate of drug-likeness (QED) is 0.611. The monoisotopic (exact) mass is 176 g/mol. The molecule has 0 atom stereocenters. The molecule has 2 aromatic heterocycles. The Bertz CT molecular complexity index is 448. The smallest absolute Gasteiger partial charge is 0.355 e. The second-order valence-corrected chi connectivity index (χ2v) is 2.59. The lowest BCUT2D eigenvalue weighted by molar-refractivity contribution is 0.0592. The predicted octanol–water partition coefficient (Wildman–Crippen LogP) is 1.12. The Morgan fingerprint density at radius 2 is 2.38 bits per heavy atom. The van der Waals surface area contributed by atoms with Crippen molar-refractivity contribution < 1.29 is 9.53 Å². The summed E-state index contributed by atoms with van der Waals surface area (Å²) in [6.07, 6.45) is 3.27. The molecule has 0 bridgehead atoms. The molecule has 0 aliphatic carbocycles. The highest BCUT2D eigenvalue weighted by atomic mass is 16.5.